The Morgan fingerprint density at radius 3 is 2.36 bits per heavy atom. The Labute approximate surface area is 164 Å². The maximum atomic E-state index is 13.8. The van der Waals surface area contributed by atoms with Crippen LogP contribution in [0.25, 0.3) is 11.0 Å². The van der Waals surface area contributed by atoms with Crippen molar-refractivity contribution in [1.82, 2.24) is 19.4 Å². The SMILES string of the molecule is CC(C)C(C(=O)N1CCN(C2CCCC2)CC1)n1cnc2cc(F)c(F)cc21. The first kappa shape index (κ1) is 19.3. The minimum atomic E-state index is -0.923. The predicted octanol–water partition coefficient (Wildman–Crippen LogP) is 3.60. The van der Waals surface area contributed by atoms with E-state index in [1.165, 1.54) is 32.0 Å². The lowest BCUT2D eigenvalue weighted by Crippen LogP contribution is -2.53. The van der Waals surface area contributed by atoms with Crippen LogP contribution in [0.5, 0.6) is 0 Å². The Morgan fingerprint density at radius 1 is 1.07 bits per heavy atom. The van der Waals surface area contributed by atoms with E-state index < -0.39 is 17.7 Å². The maximum Gasteiger partial charge on any atom is 0.246 e. The molecule has 1 aliphatic carbocycles. The zero-order valence-corrected chi connectivity index (χ0v) is 16.6. The number of halogens is 2. The molecule has 2 aromatic rings. The highest BCUT2D eigenvalue weighted by Gasteiger charge is 2.33. The standard InChI is InChI=1S/C21H28F2N4O/c1-14(2)20(27-13-24-18-11-16(22)17(23)12-19(18)27)21(28)26-9-7-25(8-10-26)15-5-3-4-6-15/h11-15,20H,3-10H2,1-2H3. The number of fused-ring (bicyclic) bond motifs is 1. The molecule has 0 bridgehead atoms. The van der Waals surface area contributed by atoms with E-state index in [1.807, 2.05) is 18.7 Å². The summed E-state index contributed by atoms with van der Waals surface area (Å²) in [7, 11) is 0. The molecule has 4 rings (SSSR count). The van der Waals surface area contributed by atoms with E-state index >= 15 is 0 Å². The van der Waals surface area contributed by atoms with E-state index in [0.29, 0.717) is 30.2 Å². The fourth-order valence-electron chi connectivity index (χ4n) is 4.73. The normalized spacial score (nSPS) is 20.4. The molecule has 1 saturated heterocycles. The van der Waals surface area contributed by atoms with Gasteiger partial charge in [-0.2, -0.15) is 0 Å². The molecular formula is C21H28F2N4O. The van der Waals surface area contributed by atoms with Crippen LogP contribution in [0.3, 0.4) is 0 Å². The fraction of sp³-hybridized carbons (Fsp3) is 0.619. The number of rotatable bonds is 4. The Morgan fingerprint density at radius 2 is 1.71 bits per heavy atom. The molecule has 1 aromatic heterocycles. The Kier molecular flexibility index (Phi) is 5.36. The number of carbonyl (C=O) groups excluding carboxylic acids is 1. The first-order chi connectivity index (χ1) is 13.5. The van der Waals surface area contributed by atoms with Crippen LogP contribution >= 0.6 is 0 Å². The van der Waals surface area contributed by atoms with Crippen molar-refractivity contribution in [2.75, 3.05) is 26.2 Å². The molecule has 1 atom stereocenters. The van der Waals surface area contributed by atoms with Gasteiger partial charge in [0, 0.05) is 44.4 Å². The zero-order chi connectivity index (χ0) is 19.8. The molecule has 1 aliphatic heterocycles. The molecule has 1 saturated carbocycles. The quantitative estimate of drug-likeness (QED) is 0.801. The van der Waals surface area contributed by atoms with E-state index in [0.717, 1.165) is 25.2 Å². The van der Waals surface area contributed by atoms with Gasteiger partial charge in [0.15, 0.2) is 11.6 Å². The zero-order valence-electron chi connectivity index (χ0n) is 16.6. The molecule has 2 aliphatic rings. The smallest absolute Gasteiger partial charge is 0.246 e. The van der Waals surface area contributed by atoms with Crippen molar-refractivity contribution in [3.8, 4) is 0 Å². The average Bonchev–Trinajstić information content (AvgIpc) is 3.33. The number of nitrogens with zero attached hydrogens (tertiary/aromatic N) is 4. The summed E-state index contributed by atoms with van der Waals surface area (Å²) in [5, 5.41) is 0. The molecule has 152 valence electrons. The molecule has 0 radical (unpaired) electrons. The lowest BCUT2D eigenvalue weighted by Gasteiger charge is -2.40. The maximum absolute atomic E-state index is 13.8. The number of amides is 1. The summed E-state index contributed by atoms with van der Waals surface area (Å²) in [6, 6.07) is 2.42. The summed E-state index contributed by atoms with van der Waals surface area (Å²) in [5.41, 5.74) is 0.818. The monoisotopic (exact) mass is 390 g/mol. The number of benzene rings is 1. The van der Waals surface area contributed by atoms with Crippen LogP contribution in [0, 0.1) is 17.6 Å². The highest BCUT2D eigenvalue weighted by Crippen LogP contribution is 2.29. The second kappa shape index (κ2) is 7.78. The van der Waals surface area contributed by atoms with Gasteiger partial charge in [0.1, 0.15) is 6.04 Å². The Bertz CT molecular complexity index is 851. The molecule has 0 N–H and O–H groups in total. The molecule has 2 fully saturated rings. The largest absolute Gasteiger partial charge is 0.338 e. The van der Waals surface area contributed by atoms with Gasteiger partial charge in [-0.15, -0.1) is 0 Å². The Balaban J connectivity index is 1.54. The van der Waals surface area contributed by atoms with E-state index in [2.05, 4.69) is 9.88 Å². The average molecular weight is 390 g/mol. The van der Waals surface area contributed by atoms with Crippen molar-refractivity contribution < 1.29 is 13.6 Å². The lowest BCUT2D eigenvalue weighted by molar-refractivity contribution is -0.138. The molecular weight excluding hydrogens is 362 g/mol. The molecule has 1 amide bonds. The van der Waals surface area contributed by atoms with E-state index in [-0.39, 0.29) is 11.8 Å². The van der Waals surface area contributed by atoms with Crippen molar-refractivity contribution >= 4 is 16.9 Å². The number of hydrogen-bond acceptors (Lipinski definition) is 3. The van der Waals surface area contributed by atoms with Crippen molar-refractivity contribution in [2.45, 2.75) is 51.6 Å². The van der Waals surface area contributed by atoms with Gasteiger partial charge in [-0.05, 0) is 18.8 Å². The van der Waals surface area contributed by atoms with E-state index in [4.69, 9.17) is 0 Å². The van der Waals surface area contributed by atoms with Crippen molar-refractivity contribution in [3.05, 3.63) is 30.1 Å². The van der Waals surface area contributed by atoms with Crippen molar-refractivity contribution in [1.29, 1.82) is 0 Å². The highest BCUT2D eigenvalue weighted by molar-refractivity contribution is 5.84. The number of carbonyl (C=O) groups is 1. The van der Waals surface area contributed by atoms with Crippen LogP contribution in [0.15, 0.2) is 18.5 Å². The summed E-state index contributed by atoms with van der Waals surface area (Å²) in [6.07, 6.45) is 6.69. The highest BCUT2D eigenvalue weighted by atomic mass is 19.2. The van der Waals surface area contributed by atoms with Crippen LogP contribution in [-0.2, 0) is 4.79 Å². The second-order valence-electron chi connectivity index (χ2n) is 8.40. The molecule has 0 spiro atoms. The third-order valence-corrected chi connectivity index (χ3v) is 6.27. The third kappa shape index (κ3) is 3.52. The van der Waals surface area contributed by atoms with Crippen molar-refractivity contribution in [3.63, 3.8) is 0 Å². The Hall–Kier alpha value is -2.02. The van der Waals surface area contributed by atoms with Gasteiger partial charge in [0.05, 0.1) is 17.4 Å². The third-order valence-electron chi connectivity index (χ3n) is 6.27. The van der Waals surface area contributed by atoms with E-state index in [9.17, 15) is 13.6 Å². The number of piperazine rings is 1. The first-order valence-electron chi connectivity index (χ1n) is 10.3. The lowest BCUT2D eigenvalue weighted by atomic mass is 10.0. The summed E-state index contributed by atoms with van der Waals surface area (Å²) < 4.78 is 29.0. The summed E-state index contributed by atoms with van der Waals surface area (Å²) in [6.45, 7) is 7.20. The van der Waals surface area contributed by atoms with Crippen molar-refractivity contribution in [2.24, 2.45) is 5.92 Å². The molecule has 2 heterocycles. The first-order valence-corrected chi connectivity index (χ1v) is 10.3. The van der Waals surface area contributed by atoms with Crippen LogP contribution in [0.1, 0.15) is 45.6 Å². The number of aromatic nitrogens is 2. The van der Waals surface area contributed by atoms with Gasteiger partial charge in [-0.3, -0.25) is 9.69 Å². The summed E-state index contributed by atoms with van der Waals surface area (Å²) >= 11 is 0. The minimum Gasteiger partial charge on any atom is -0.338 e. The topological polar surface area (TPSA) is 41.4 Å². The van der Waals surface area contributed by atoms with E-state index in [1.54, 1.807) is 4.57 Å². The van der Waals surface area contributed by atoms with Gasteiger partial charge in [-0.25, -0.2) is 13.8 Å². The minimum absolute atomic E-state index is 0.00544. The van der Waals surface area contributed by atoms with Gasteiger partial charge in [0.25, 0.3) is 0 Å². The predicted molar refractivity (Wildman–Crippen MR) is 104 cm³/mol. The van der Waals surface area contributed by atoms with Crippen LogP contribution < -0.4 is 0 Å². The molecule has 1 aromatic carbocycles. The molecule has 7 heteroatoms. The van der Waals surface area contributed by atoms with Gasteiger partial charge >= 0.3 is 0 Å². The number of imidazole rings is 1. The second-order valence-corrected chi connectivity index (χ2v) is 8.40. The van der Waals surface area contributed by atoms with Crippen LogP contribution in [0.4, 0.5) is 8.78 Å². The molecule has 5 nitrogen and oxygen atoms in total. The summed E-state index contributed by atoms with van der Waals surface area (Å²) in [5.74, 6) is -1.81. The molecule has 1 unspecified atom stereocenters. The van der Waals surface area contributed by atoms with Crippen LogP contribution in [-0.4, -0.2) is 57.5 Å². The van der Waals surface area contributed by atoms with Gasteiger partial charge in [0.2, 0.25) is 5.91 Å². The van der Waals surface area contributed by atoms with Gasteiger partial charge < -0.3 is 9.47 Å². The fourth-order valence-corrected chi connectivity index (χ4v) is 4.73. The number of hydrogen-bond donors (Lipinski definition) is 0. The molecule has 28 heavy (non-hydrogen) atoms. The van der Waals surface area contributed by atoms with Crippen LogP contribution in [0.2, 0.25) is 0 Å². The van der Waals surface area contributed by atoms with Gasteiger partial charge in [-0.1, -0.05) is 26.7 Å². The summed E-state index contributed by atoms with van der Waals surface area (Å²) in [4.78, 5) is 22.0.